The molecule has 0 aliphatic carbocycles. The van der Waals surface area contributed by atoms with Crippen LogP contribution in [0, 0.1) is 0 Å². The highest BCUT2D eigenvalue weighted by atomic mass is 79.9. The van der Waals surface area contributed by atoms with Crippen LogP contribution < -0.4 is 11.3 Å². The van der Waals surface area contributed by atoms with Gasteiger partial charge in [-0.15, -0.1) is 0 Å². The highest BCUT2D eigenvalue weighted by Crippen LogP contribution is 2.18. The van der Waals surface area contributed by atoms with E-state index in [0.29, 0.717) is 10.9 Å². The molecular weight excluding hydrogens is 293 g/mol. The molecule has 0 aliphatic heterocycles. The Bertz CT molecular complexity index is 609. The topological polar surface area (TPSA) is 60.9 Å². The quantitative estimate of drug-likeness (QED) is 0.822. The van der Waals surface area contributed by atoms with Crippen LogP contribution in [0.1, 0.15) is 13.1 Å². The molecule has 84 valence electrons. The lowest BCUT2D eigenvalue weighted by molar-refractivity contribution is 0.548. The molecule has 0 bridgehead atoms. The van der Waals surface area contributed by atoms with Crippen LogP contribution in [0.5, 0.6) is 0 Å². The van der Waals surface area contributed by atoms with Crippen LogP contribution in [0.15, 0.2) is 27.5 Å². The molecule has 0 fully saturated rings. The molecule has 1 aromatic heterocycles. The van der Waals surface area contributed by atoms with Crippen molar-refractivity contribution in [3.05, 3.63) is 38.3 Å². The monoisotopic (exact) mass is 301 g/mol. The Morgan fingerprint density at radius 2 is 2.25 bits per heavy atom. The van der Waals surface area contributed by atoms with E-state index in [1.807, 2.05) is 0 Å². The molecular formula is C10H9BrClN3O. The number of nitrogens with zero attached hydrogens (tertiary/aromatic N) is 2. The minimum atomic E-state index is -0.499. The van der Waals surface area contributed by atoms with Crippen LogP contribution in [-0.2, 0) is 0 Å². The first-order valence-electron chi connectivity index (χ1n) is 4.63. The summed E-state index contributed by atoms with van der Waals surface area (Å²) in [6, 6.07) is 5.23. The van der Waals surface area contributed by atoms with E-state index < -0.39 is 6.17 Å². The number of halogens is 2. The van der Waals surface area contributed by atoms with Gasteiger partial charge in [-0.25, -0.2) is 4.98 Å². The molecule has 1 atom stereocenters. The summed E-state index contributed by atoms with van der Waals surface area (Å²) in [5, 5.41) is 0.607. The maximum absolute atomic E-state index is 12.0. The van der Waals surface area contributed by atoms with E-state index in [9.17, 15) is 4.79 Å². The summed E-state index contributed by atoms with van der Waals surface area (Å²) in [6.07, 6.45) is -0.499. The molecule has 0 saturated heterocycles. The second kappa shape index (κ2) is 4.16. The van der Waals surface area contributed by atoms with Gasteiger partial charge in [-0.1, -0.05) is 15.9 Å². The first-order valence-corrected chi connectivity index (χ1v) is 5.80. The zero-order chi connectivity index (χ0) is 11.9. The Morgan fingerprint density at radius 3 is 2.88 bits per heavy atom. The van der Waals surface area contributed by atoms with E-state index in [1.54, 1.807) is 25.1 Å². The lowest BCUT2D eigenvalue weighted by atomic mass is 10.2. The SMILES string of the molecule is CC(N)n1c(Cl)nc2cc(Br)ccc2c1=O. The Morgan fingerprint density at radius 1 is 1.56 bits per heavy atom. The summed E-state index contributed by atoms with van der Waals surface area (Å²) in [5.41, 5.74) is 6.00. The largest absolute Gasteiger partial charge is 0.311 e. The zero-order valence-corrected chi connectivity index (χ0v) is 10.8. The summed E-state index contributed by atoms with van der Waals surface area (Å²) in [5.74, 6) is 0. The van der Waals surface area contributed by atoms with E-state index in [2.05, 4.69) is 20.9 Å². The zero-order valence-electron chi connectivity index (χ0n) is 8.45. The molecule has 2 aromatic rings. The predicted octanol–water partition coefficient (Wildman–Crippen LogP) is 2.29. The maximum Gasteiger partial charge on any atom is 0.263 e. The van der Waals surface area contributed by atoms with Gasteiger partial charge in [0.1, 0.15) is 0 Å². The van der Waals surface area contributed by atoms with Gasteiger partial charge in [0.2, 0.25) is 5.28 Å². The number of fused-ring (bicyclic) bond motifs is 1. The van der Waals surface area contributed by atoms with E-state index >= 15 is 0 Å². The minimum absolute atomic E-state index is 0.102. The predicted molar refractivity (Wildman–Crippen MR) is 67.6 cm³/mol. The minimum Gasteiger partial charge on any atom is -0.311 e. The number of rotatable bonds is 1. The standard InChI is InChI=1S/C10H9BrClN3O/c1-5(13)15-9(16)7-3-2-6(11)4-8(7)14-10(15)12/h2-5H,13H2,1H3. The highest BCUT2D eigenvalue weighted by molar-refractivity contribution is 9.10. The third kappa shape index (κ3) is 1.86. The van der Waals surface area contributed by atoms with E-state index in [-0.39, 0.29) is 10.8 Å². The second-order valence-corrected chi connectivity index (χ2v) is 4.71. The lowest BCUT2D eigenvalue weighted by Gasteiger charge is -2.12. The molecule has 6 heteroatoms. The van der Waals surface area contributed by atoms with Crippen molar-refractivity contribution in [2.45, 2.75) is 13.1 Å². The van der Waals surface area contributed by atoms with Gasteiger partial charge in [0.25, 0.3) is 5.56 Å². The average molecular weight is 303 g/mol. The van der Waals surface area contributed by atoms with Crippen molar-refractivity contribution < 1.29 is 0 Å². The fraction of sp³-hybridized carbons (Fsp3) is 0.200. The Labute approximate surface area is 105 Å². The van der Waals surface area contributed by atoms with Crippen LogP contribution >= 0.6 is 27.5 Å². The molecule has 1 heterocycles. The van der Waals surface area contributed by atoms with Gasteiger partial charge >= 0.3 is 0 Å². The van der Waals surface area contributed by atoms with Crippen LogP contribution in [0.25, 0.3) is 10.9 Å². The van der Waals surface area contributed by atoms with E-state index in [0.717, 1.165) is 4.47 Å². The summed E-state index contributed by atoms with van der Waals surface area (Å²) in [4.78, 5) is 16.2. The number of benzene rings is 1. The molecule has 1 aromatic carbocycles. The smallest absolute Gasteiger partial charge is 0.263 e. The summed E-state index contributed by atoms with van der Waals surface area (Å²) >= 11 is 9.22. The van der Waals surface area contributed by atoms with Gasteiger partial charge in [0.15, 0.2) is 0 Å². The van der Waals surface area contributed by atoms with Gasteiger partial charge < -0.3 is 5.73 Å². The van der Waals surface area contributed by atoms with Crippen molar-refractivity contribution in [2.24, 2.45) is 5.73 Å². The van der Waals surface area contributed by atoms with Gasteiger partial charge in [0.05, 0.1) is 17.1 Å². The second-order valence-electron chi connectivity index (χ2n) is 3.46. The highest BCUT2D eigenvalue weighted by Gasteiger charge is 2.11. The molecule has 0 spiro atoms. The Balaban J connectivity index is 2.89. The van der Waals surface area contributed by atoms with Crippen molar-refractivity contribution in [3.8, 4) is 0 Å². The van der Waals surface area contributed by atoms with Crippen LogP contribution in [0.2, 0.25) is 5.28 Å². The summed E-state index contributed by atoms with van der Waals surface area (Å²) < 4.78 is 2.11. The molecule has 2 N–H and O–H groups in total. The van der Waals surface area contributed by atoms with Crippen molar-refractivity contribution in [3.63, 3.8) is 0 Å². The van der Waals surface area contributed by atoms with Crippen molar-refractivity contribution in [1.29, 1.82) is 0 Å². The Hall–Kier alpha value is -0.910. The van der Waals surface area contributed by atoms with Crippen LogP contribution in [0.4, 0.5) is 0 Å². The molecule has 1 unspecified atom stereocenters. The Kier molecular flexibility index (Phi) is 3.01. The van der Waals surface area contributed by atoms with Crippen molar-refractivity contribution in [1.82, 2.24) is 9.55 Å². The summed E-state index contributed by atoms with van der Waals surface area (Å²) in [7, 11) is 0. The summed E-state index contributed by atoms with van der Waals surface area (Å²) in [6.45, 7) is 1.68. The molecule has 0 radical (unpaired) electrons. The van der Waals surface area contributed by atoms with Crippen molar-refractivity contribution >= 4 is 38.4 Å². The molecule has 0 amide bonds. The number of nitrogens with two attached hydrogens (primary N) is 1. The molecule has 4 nitrogen and oxygen atoms in total. The van der Waals surface area contributed by atoms with Gasteiger partial charge in [-0.3, -0.25) is 9.36 Å². The van der Waals surface area contributed by atoms with Gasteiger partial charge in [-0.2, -0.15) is 0 Å². The van der Waals surface area contributed by atoms with E-state index in [4.69, 9.17) is 17.3 Å². The van der Waals surface area contributed by atoms with Gasteiger partial charge in [0, 0.05) is 4.47 Å². The first kappa shape index (κ1) is 11.6. The van der Waals surface area contributed by atoms with E-state index in [1.165, 1.54) is 4.57 Å². The third-order valence-electron chi connectivity index (χ3n) is 2.23. The molecule has 2 rings (SSSR count). The average Bonchev–Trinajstić information content (AvgIpc) is 2.15. The van der Waals surface area contributed by atoms with Crippen molar-refractivity contribution in [2.75, 3.05) is 0 Å². The van der Waals surface area contributed by atoms with Gasteiger partial charge in [-0.05, 0) is 36.7 Å². The fourth-order valence-electron chi connectivity index (χ4n) is 1.50. The number of hydrogen-bond acceptors (Lipinski definition) is 3. The molecule has 0 saturated carbocycles. The number of aromatic nitrogens is 2. The number of hydrogen-bond donors (Lipinski definition) is 1. The first-order chi connectivity index (χ1) is 7.50. The maximum atomic E-state index is 12.0. The van der Waals surface area contributed by atoms with Crippen LogP contribution in [0.3, 0.4) is 0 Å². The lowest BCUT2D eigenvalue weighted by Crippen LogP contribution is -2.29. The fourth-order valence-corrected chi connectivity index (χ4v) is 2.17. The molecule has 0 aliphatic rings. The molecule has 16 heavy (non-hydrogen) atoms. The normalized spacial score (nSPS) is 13.0. The third-order valence-corrected chi connectivity index (χ3v) is 2.99. The van der Waals surface area contributed by atoms with Crippen LogP contribution in [-0.4, -0.2) is 9.55 Å².